The first-order valence-electron chi connectivity index (χ1n) is 9.36. The minimum atomic E-state index is -0.770. The molecular formula is C22H26O4. The van der Waals surface area contributed by atoms with Gasteiger partial charge in [-0.05, 0) is 43.1 Å². The molecular weight excluding hydrogens is 328 g/mol. The largest absolute Gasteiger partial charge is 0.481 e. The third-order valence-corrected chi connectivity index (χ3v) is 5.57. The maximum Gasteiger partial charge on any atom is 0.303 e. The fourth-order valence-electron chi connectivity index (χ4n) is 4.17. The van der Waals surface area contributed by atoms with Crippen molar-refractivity contribution in [3.8, 4) is 11.8 Å². The topological polar surface area (TPSA) is 77.8 Å². The highest BCUT2D eigenvalue weighted by Crippen LogP contribution is 2.51. The van der Waals surface area contributed by atoms with Crippen molar-refractivity contribution in [3.05, 3.63) is 47.5 Å². The molecule has 0 amide bonds. The molecule has 0 aromatic heterocycles. The van der Waals surface area contributed by atoms with Gasteiger partial charge in [0.25, 0.3) is 0 Å². The first kappa shape index (κ1) is 18.7. The number of allylic oxidation sites excluding steroid dienone is 2. The lowest BCUT2D eigenvalue weighted by Crippen LogP contribution is -2.44. The number of aliphatic hydroxyl groups excluding tert-OH is 2. The summed E-state index contributed by atoms with van der Waals surface area (Å²) >= 11 is 0. The van der Waals surface area contributed by atoms with E-state index >= 15 is 0 Å². The Morgan fingerprint density at radius 1 is 1.27 bits per heavy atom. The third kappa shape index (κ3) is 4.55. The molecule has 0 spiro atoms. The van der Waals surface area contributed by atoms with Gasteiger partial charge < -0.3 is 15.3 Å². The SMILES string of the molecule is O=C(O)CC/C=C1\C[C@@H]2[C@@H](C#C[C@@H](O)Cc3ccccc3)[C@H](O)CC[C@H]12. The zero-order valence-corrected chi connectivity index (χ0v) is 14.8. The predicted octanol–water partition coefficient (Wildman–Crippen LogP) is 2.79. The number of fused-ring (bicyclic) bond motifs is 1. The Morgan fingerprint density at radius 2 is 2.04 bits per heavy atom. The lowest BCUT2D eigenvalue weighted by Gasteiger charge is -2.48. The second-order valence-electron chi connectivity index (χ2n) is 7.35. The average molecular weight is 354 g/mol. The molecule has 2 fully saturated rings. The summed E-state index contributed by atoms with van der Waals surface area (Å²) in [5.41, 5.74) is 2.36. The molecule has 2 saturated carbocycles. The summed E-state index contributed by atoms with van der Waals surface area (Å²) in [7, 11) is 0. The molecule has 0 saturated heterocycles. The third-order valence-electron chi connectivity index (χ3n) is 5.57. The Morgan fingerprint density at radius 3 is 2.77 bits per heavy atom. The predicted molar refractivity (Wildman–Crippen MR) is 99.2 cm³/mol. The van der Waals surface area contributed by atoms with Crippen molar-refractivity contribution in [2.45, 2.75) is 50.7 Å². The number of rotatable bonds is 5. The maximum absolute atomic E-state index is 10.6. The summed E-state index contributed by atoms with van der Waals surface area (Å²) < 4.78 is 0. The summed E-state index contributed by atoms with van der Waals surface area (Å²) in [6, 6.07) is 9.76. The molecule has 138 valence electrons. The highest BCUT2D eigenvalue weighted by atomic mass is 16.4. The van der Waals surface area contributed by atoms with Gasteiger partial charge in [-0.1, -0.05) is 53.8 Å². The minimum Gasteiger partial charge on any atom is -0.481 e. The van der Waals surface area contributed by atoms with Gasteiger partial charge in [-0.15, -0.1) is 0 Å². The van der Waals surface area contributed by atoms with E-state index in [-0.39, 0.29) is 12.3 Å². The van der Waals surface area contributed by atoms with Crippen LogP contribution in [0.2, 0.25) is 0 Å². The van der Waals surface area contributed by atoms with Gasteiger partial charge in [-0.25, -0.2) is 0 Å². The van der Waals surface area contributed by atoms with E-state index < -0.39 is 18.2 Å². The van der Waals surface area contributed by atoms with Crippen LogP contribution >= 0.6 is 0 Å². The molecule has 0 aliphatic heterocycles. The number of benzene rings is 1. The molecule has 2 aliphatic rings. The number of carbonyl (C=O) groups is 1. The summed E-state index contributed by atoms with van der Waals surface area (Å²) in [5.74, 6) is 5.95. The van der Waals surface area contributed by atoms with Crippen LogP contribution in [0.5, 0.6) is 0 Å². The monoisotopic (exact) mass is 354 g/mol. The molecule has 0 radical (unpaired) electrons. The fraction of sp³-hybridized carbons (Fsp3) is 0.500. The Bertz CT molecular complexity index is 713. The molecule has 0 bridgehead atoms. The van der Waals surface area contributed by atoms with Crippen LogP contribution in [-0.2, 0) is 11.2 Å². The molecule has 5 atom stereocenters. The van der Waals surface area contributed by atoms with Crippen molar-refractivity contribution in [2.75, 3.05) is 0 Å². The average Bonchev–Trinajstić information content (AvgIpc) is 2.59. The lowest BCUT2D eigenvalue weighted by atomic mass is 9.57. The van der Waals surface area contributed by atoms with Crippen molar-refractivity contribution >= 4 is 5.97 Å². The van der Waals surface area contributed by atoms with E-state index in [0.717, 1.165) is 18.4 Å². The lowest BCUT2D eigenvalue weighted by molar-refractivity contribution is -0.136. The van der Waals surface area contributed by atoms with E-state index in [1.807, 2.05) is 30.3 Å². The van der Waals surface area contributed by atoms with E-state index in [4.69, 9.17) is 5.11 Å². The van der Waals surface area contributed by atoms with E-state index in [9.17, 15) is 15.0 Å². The highest BCUT2D eigenvalue weighted by Gasteiger charge is 2.46. The van der Waals surface area contributed by atoms with E-state index in [0.29, 0.717) is 31.1 Å². The smallest absolute Gasteiger partial charge is 0.303 e. The zero-order valence-electron chi connectivity index (χ0n) is 14.8. The standard InChI is InChI=1S/C22H26O4/c23-17(13-15-5-2-1-3-6-15)9-10-19-20-14-16(7-4-8-22(25)26)18(20)11-12-21(19)24/h1-3,5-7,17-21,23-24H,4,8,11-14H2,(H,25,26)/b16-7+/t17-,18-,19-,20+,21-/m1/s1. The summed E-state index contributed by atoms with van der Waals surface area (Å²) in [4.78, 5) is 10.6. The van der Waals surface area contributed by atoms with Gasteiger partial charge in [-0.2, -0.15) is 0 Å². The maximum atomic E-state index is 10.6. The van der Waals surface area contributed by atoms with Gasteiger partial charge in [0, 0.05) is 12.8 Å². The molecule has 4 heteroatoms. The van der Waals surface area contributed by atoms with E-state index in [1.165, 1.54) is 5.57 Å². The van der Waals surface area contributed by atoms with Crippen LogP contribution in [0, 0.1) is 29.6 Å². The van der Waals surface area contributed by atoms with Gasteiger partial charge >= 0.3 is 5.97 Å². The molecule has 0 unspecified atom stereocenters. The number of carboxylic acid groups (broad SMARTS) is 1. The number of carboxylic acids is 1. The minimum absolute atomic E-state index is 0.101. The van der Waals surface area contributed by atoms with Crippen molar-refractivity contribution in [3.63, 3.8) is 0 Å². The van der Waals surface area contributed by atoms with Crippen molar-refractivity contribution in [1.29, 1.82) is 0 Å². The Balaban J connectivity index is 1.59. The second kappa shape index (κ2) is 8.53. The molecule has 1 aromatic carbocycles. The molecule has 1 aromatic rings. The summed E-state index contributed by atoms with van der Waals surface area (Å²) in [6.07, 6.45) is 4.66. The van der Waals surface area contributed by atoms with Crippen molar-refractivity contribution < 1.29 is 20.1 Å². The van der Waals surface area contributed by atoms with Crippen LogP contribution in [0.25, 0.3) is 0 Å². The van der Waals surface area contributed by atoms with Crippen LogP contribution < -0.4 is 0 Å². The van der Waals surface area contributed by atoms with Gasteiger partial charge in [-0.3, -0.25) is 4.79 Å². The molecule has 2 aliphatic carbocycles. The molecule has 4 nitrogen and oxygen atoms in total. The van der Waals surface area contributed by atoms with Crippen LogP contribution in [0.3, 0.4) is 0 Å². The second-order valence-corrected chi connectivity index (χ2v) is 7.35. The summed E-state index contributed by atoms with van der Waals surface area (Å²) in [6.45, 7) is 0. The van der Waals surface area contributed by atoms with Crippen LogP contribution in [-0.4, -0.2) is 33.5 Å². The number of hydrogen-bond acceptors (Lipinski definition) is 3. The van der Waals surface area contributed by atoms with Crippen LogP contribution in [0.4, 0.5) is 0 Å². The molecule has 0 heterocycles. The van der Waals surface area contributed by atoms with Gasteiger partial charge in [0.2, 0.25) is 0 Å². The van der Waals surface area contributed by atoms with Gasteiger partial charge in [0.05, 0.1) is 12.0 Å². The normalized spacial score (nSPS) is 29.8. The Hall–Kier alpha value is -2.09. The fourth-order valence-corrected chi connectivity index (χ4v) is 4.17. The molecule has 3 N–H and O–H groups in total. The van der Waals surface area contributed by atoms with E-state index in [2.05, 4.69) is 17.9 Å². The number of aliphatic hydroxyl groups is 2. The number of aliphatic carboxylic acids is 1. The zero-order chi connectivity index (χ0) is 18.5. The van der Waals surface area contributed by atoms with Crippen molar-refractivity contribution in [2.24, 2.45) is 17.8 Å². The first-order chi connectivity index (χ1) is 12.5. The van der Waals surface area contributed by atoms with Gasteiger partial charge in [0.15, 0.2) is 0 Å². The molecule has 26 heavy (non-hydrogen) atoms. The van der Waals surface area contributed by atoms with E-state index in [1.54, 1.807) is 0 Å². The quantitative estimate of drug-likeness (QED) is 0.561. The Kier molecular flexibility index (Phi) is 6.13. The number of hydrogen-bond donors (Lipinski definition) is 3. The first-order valence-corrected chi connectivity index (χ1v) is 9.36. The highest BCUT2D eigenvalue weighted by molar-refractivity contribution is 5.66. The van der Waals surface area contributed by atoms with Crippen LogP contribution in [0.15, 0.2) is 42.0 Å². The Labute approximate surface area is 154 Å². The molecule has 3 rings (SSSR count). The van der Waals surface area contributed by atoms with Crippen LogP contribution in [0.1, 0.15) is 37.7 Å². The van der Waals surface area contributed by atoms with Crippen molar-refractivity contribution in [1.82, 2.24) is 0 Å². The summed E-state index contributed by atoms with van der Waals surface area (Å²) in [5, 5.41) is 29.3. The van der Waals surface area contributed by atoms with Gasteiger partial charge in [0.1, 0.15) is 6.10 Å².